The average Bonchev–Trinajstić information content (AvgIpc) is 2.94. The SMILES string of the molecule is Cl.O=C(CCC1CCCCO1)Nc1ccc2c(c1)CCN2. The Kier molecular flexibility index (Phi) is 5.88. The lowest BCUT2D eigenvalue weighted by Gasteiger charge is -2.22. The van der Waals surface area contributed by atoms with Crippen LogP contribution in [-0.2, 0) is 16.0 Å². The number of hydrogen-bond donors (Lipinski definition) is 2. The van der Waals surface area contributed by atoms with Crippen molar-refractivity contribution in [1.82, 2.24) is 0 Å². The number of carbonyl (C=O) groups excluding carboxylic acids is 1. The second kappa shape index (κ2) is 7.66. The Balaban J connectivity index is 0.00000161. The Labute approximate surface area is 132 Å². The molecule has 116 valence electrons. The molecule has 0 aromatic heterocycles. The Bertz CT molecular complexity index is 487. The molecule has 5 heteroatoms. The third-order valence-corrected chi connectivity index (χ3v) is 4.07. The fourth-order valence-electron chi connectivity index (χ4n) is 2.93. The van der Waals surface area contributed by atoms with Gasteiger partial charge >= 0.3 is 0 Å². The van der Waals surface area contributed by atoms with Gasteiger partial charge in [-0.1, -0.05) is 0 Å². The molecule has 1 atom stereocenters. The highest BCUT2D eigenvalue weighted by Gasteiger charge is 2.16. The normalized spacial score (nSPS) is 20.1. The van der Waals surface area contributed by atoms with Gasteiger partial charge in [0.25, 0.3) is 0 Å². The summed E-state index contributed by atoms with van der Waals surface area (Å²) in [5, 5.41) is 6.31. The summed E-state index contributed by atoms with van der Waals surface area (Å²) < 4.78 is 5.65. The first kappa shape index (κ1) is 16.1. The van der Waals surface area contributed by atoms with Crippen molar-refractivity contribution in [1.29, 1.82) is 0 Å². The molecule has 2 aliphatic heterocycles. The minimum Gasteiger partial charge on any atom is -0.384 e. The van der Waals surface area contributed by atoms with Gasteiger partial charge in [-0.25, -0.2) is 0 Å². The van der Waals surface area contributed by atoms with E-state index in [2.05, 4.69) is 16.7 Å². The van der Waals surface area contributed by atoms with Crippen molar-refractivity contribution in [2.45, 2.75) is 44.6 Å². The zero-order valence-electron chi connectivity index (χ0n) is 12.2. The maximum absolute atomic E-state index is 12.0. The van der Waals surface area contributed by atoms with Crippen LogP contribution in [0.1, 0.15) is 37.7 Å². The molecule has 1 unspecified atom stereocenters. The number of anilines is 2. The van der Waals surface area contributed by atoms with E-state index >= 15 is 0 Å². The summed E-state index contributed by atoms with van der Waals surface area (Å²) in [5.41, 5.74) is 3.39. The van der Waals surface area contributed by atoms with E-state index < -0.39 is 0 Å². The van der Waals surface area contributed by atoms with Gasteiger partial charge in [0.2, 0.25) is 5.91 Å². The average molecular weight is 311 g/mol. The van der Waals surface area contributed by atoms with Crippen molar-refractivity contribution in [3.63, 3.8) is 0 Å². The molecule has 1 amide bonds. The van der Waals surface area contributed by atoms with Crippen LogP contribution in [0.5, 0.6) is 0 Å². The second-order valence-electron chi connectivity index (χ2n) is 5.62. The van der Waals surface area contributed by atoms with Crippen molar-refractivity contribution in [2.75, 3.05) is 23.8 Å². The molecule has 0 aliphatic carbocycles. The van der Waals surface area contributed by atoms with Gasteiger partial charge in [0, 0.05) is 30.9 Å². The molecule has 1 aromatic rings. The van der Waals surface area contributed by atoms with Gasteiger partial charge in [-0.05, 0) is 55.9 Å². The van der Waals surface area contributed by atoms with Gasteiger partial charge in [-0.3, -0.25) is 4.79 Å². The van der Waals surface area contributed by atoms with Crippen LogP contribution in [0, 0.1) is 0 Å². The number of nitrogens with one attached hydrogen (secondary N) is 2. The first-order valence-corrected chi connectivity index (χ1v) is 7.59. The van der Waals surface area contributed by atoms with E-state index in [0.29, 0.717) is 6.42 Å². The van der Waals surface area contributed by atoms with Crippen LogP contribution in [0.4, 0.5) is 11.4 Å². The Morgan fingerprint density at radius 3 is 3.10 bits per heavy atom. The van der Waals surface area contributed by atoms with E-state index in [1.165, 1.54) is 17.7 Å². The first-order valence-electron chi connectivity index (χ1n) is 7.59. The van der Waals surface area contributed by atoms with E-state index in [4.69, 9.17) is 4.74 Å². The second-order valence-corrected chi connectivity index (χ2v) is 5.62. The highest BCUT2D eigenvalue weighted by molar-refractivity contribution is 5.91. The van der Waals surface area contributed by atoms with Crippen LogP contribution in [0.25, 0.3) is 0 Å². The zero-order valence-corrected chi connectivity index (χ0v) is 13.0. The molecule has 1 aromatic carbocycles. The van der Waals surface area contributed by atoms with Crippen molar-refractivity contribution in [3.8, 4) is 0 Å². The Hall–Kier alpha value is -1.26. The Morgan fingerprint density at radius 1 is 1.38 bits per heavy atom. The van der Waals surface area contributed by atoms with Gasteiger partial charge in [0.1, 0.15) is 0 Å². The molecule has 2 heterocycles. The summed E-state index contributed by atoms with van der Waals surface area (Å²) in [6, 6.07) is 6.08. The topological polar surface area (TPSA) is 50.4 Å². The van der Waals surface area contributed by atoms with Crippen LogP contribution in [0.3, 0.4) is 0 Å². The van der Waals surface area contributed by atoms with Gasteiger partial charge in [-0.2, -0.15) is 0 Å². The molecule has 4 nitrogen and oxygen atoms in total. The molecule has 2 aliphatic rings. The largest absolute Gasteiger partial charge is 0.384 e. The molecule has 0 bridgehead atoms. The van der Waals surface area contributed by atoms with Crippen LogP contribution in [-0.4, -0.2) is 25.2 Å². The molecule has 0 spiro atoms. The van der Waals surface area contributed by atoms with E-state index in [1.54, 1.807) is 0 Å². The molecule has 2 N–H and O–H groups in total. The van der Waals surface area contributed by atoms with Crippen molar-refractivity contribution < 1.29 is 9.53 Å². The number of fused-ring (bicyclic) bond motifs is 1. The van der Waals surface area contributed by atoms with Crippen LogP contribution in [0.2, 0.25) is 0 Å². The predicted octanol–water partition coefficient (Wildman–Crippen LogP) is 3.36. The minimum absolute atomic E-state index is 0. The van der Waals surface area contributed by atoms with Crippen LogP contribution >= 0.6 is 12.4 Å². The summed E-state index contributed by atoms with van der Waals surface area (Å²) in [7, 11) is 0. The third-order valence-electron chi connectivity index (χ3n) is 4.07. The van der Waals surface area contributed by atoms with Crippen molar-refractivity contribution >= 4 is 29.7 Å². The molecular weight excluding hydrogens is 288 g/mol. The monoisotopic (exact) mass is 310 g/mol. The summed E-state index contributed by atoms with van der Waals surface area (Å²) >= 11 is 0. The molecule has 1 fully saturated rings. The summed E-state index contributed by atoms with van der Waals surface area (Å²) in [6.45, 7) is 1.84. The number of ether oxygens (including phenoxy) is 1. The minimum atomic E-state index is 0. The summed E-state index contributed by atoms with van der Waals surface area (Å²) in [4.78, 5) is 12.0. The summed E-state index contributed by atoms with van der Waals surface area (Å²) in [5.74, 6) is 0.0880. The number of benzene rings is 1. The zero-order chi connectivity index (χ0) is 13.8. The fourth-order valence-corrected chi connectivity index (χ4v) is 2.93. The van der Waals surface area contributed by atoms with E-state index in [0.717, 1.165) is 44.5 Å². The van der Waals surface area contributed by atoms with E-state index in [-0.39, 0.29) is 24.4 Å². The number of hydrogen-bond acceptors (Lipinski definition) is 3. The van der Waals surface area contributed by atoms with Gasteiger partial charge < -0.3 is 15.4 Å². The van der Waals surface area contributed by atoms with Gasteiger partial charge in [0.15, 0.2) is 0 Å². The van der Waals surface area contributed by atoms with Gasteiger partial charge in [0.05, 0.1) is 6.10 Å². The lowest BCUT2D eigenvalue weighted by Crippen LogP contribution is -2.21. The molecule has 21 heavy (non-hydrogen) atoms. The maximum atomic E-state index is 12.0. The molecule has 1 saturated heterocycles. The van der Waals surface area contributed by atoms with Crippen LogP contribution < -0.4 is 10.6 Å². The first-order chi connectivity index (χ1) is 9.81. The highest BCUT2D eigenvalue weighted by atomic mass is 35.5. The molecular formula is C16H23ClN2O2. The smallest absolute Gasteiger partial charge is 0.224 e. The lowest BCUT2D eigenvalue weighted by atomic mass is 10.0. The fraction of sp³-hybridized carbons (Fsp3) is 0.562. The number of rotatable bonds is 4. The molecule has 3 rings (SSSR count). The van der Waals surface area contributed by atoms with E-state index in [9.17, 15) is 4.79 Å². The quantitative estimate of drug-likeness (QED) is 0.896. The van der Waals surface area contributed by atoms with E-state index in [1.807, 2.05) is 12.1 Å². The standard InChI is InChI=1S/C16H22N2O2.ClH/c19-16(7-5-14-3-1-2-10-20-14)18-13-4-6-15-12(11-13)8-9-17-15;/h4,6,11,14,17H,1-3,5,7-10H2,(H,18,19);1H. The van der Waals surface area contributed by atoms with Crippen molar-refractivity contribution in [3.05, 3.63) is 23.8 Å². The highest BCUT2D eigenvalue weighted by Crippen LogP contribution is 2.25. The van der Waals surface area contributed by atoms with Crippen molar-refractivity contribution in [2.24, 2.45) is 0 Å². The predicted molar refractivity (Wildman–Crippen MR) is 87.3 cm³/mol. The summed E-state index contributed by atoms with van der Waals surface area (Å²) in [6.07, 6.45) is 6.17. The third kappa shape index (κ3) is 4.35. The number of amides is 1. The molecule has 0 radical (unpaired) electrons. The molecule has 0 saturated carbocycles. The van der Waals surface area contributed by atoms with Crippen LogP contribution in [0.15, 0.2) is 18.2 Å². The number of halogens is 1. The lowest BCUT2D eigenvalue weighted by molar-refractivity contribution is -0.117. The Morgan fingerprint density at radius 2 is 2.29 bits per heavy atom. The number of carbonyl (C=O) groups is 1. The maximum Gasteiger partial charge on any atom is 0.224 e. The van der Waals surface area contributed by atoms with Gasteiger partial charge in [-0.15, -0.1) is 12.4 Å².